The lowest BCUT2D eigenvalue weighted by Gasteiger charge is -2.20. The molecule has 1 aliphatic heterocycles. The molecule has 1 heterocycles. The fourth-order valence-electron chi connectivity index (χ4n) is 3.52. The van der Waals surface area contributed by atoms with Crippen LogP contribution < -0.4 is 20.9 Å². The highest BCUT2D eigenvalue weighted by Crippen LogP contribution is 2.23. The third kappa shape index (κ3) is 6.13. The van der Waals surface area contributed by atoms with Gasteiger partial charge in [0, 0.05) is 55.5 Å². The van der Waals surface area contributed by atoms with Crippen molar-refractivity contribution in [3.05, 3.63) is 64.7 Å². The maximum atomic E-state index is 12.2. The molecule has 3 rings (SSSR count). The van der Waals surface area contributed by atoms with Gasteiger partial charge >= 0.3 is 0 Å². The van der Waals surface area contributed by atoms with Crippen LogP contribution in [-0.4, -0.2) is 44.6 Å². The number of carbonyl (C=O) groups is 1. The summed E-state index contributed by atoms with van der Waals surface area (Å²) in [6.07, 6.45) is 1.95. The smallest absolute Gasteiger partial charge is 0.251 e. The van der Waals surface area contributed by atoms with Crippen LogP contribution in [0.3, 0.4) is 0 Å². The van der Waals surface area contributed by atoms with Crippen LogP contribution in [0.15, 0.2) is 53.5 Å². The molecule has 2 aromatic rings. The zero-order valence-corrected chi connectivity index (χ0v) is 18.4. The predicted molar refractivity (Wildman–Crippen MR) is 124 cm³/mol. The first-order valence-electron chi connectivity index (χ1n) is 10.4. The second-order valence-corrected chi connectivity index (χ2v) is 7.87. The molecule has 2 aromatic carbocycles. The van der Waals surface area contributed by atoms with Crippen LogP contribution in [0.2, 0.25) is 5.02 Å². The predicted octanol–water partition coefficient (Wildman–Crippen LogP) is 3.42. The average Bonchev–Trinajstić information content (AvgIpc) is 3.23. The molecular formula is C23H30ClN5O. The Morgan fingerprint density at radius 3 is 2.80 bits per heavy atom. The molecule has 30 heavy (non-hydrogen) atoms. The lowest BCUT2D eigenvalue weighted by Crippen LogP contribution is -2.44. The first-order chi connectivity index (χ1) is 14.6. The number of nitrogens with zero attached hydrogens (tertiary/aromatic N) is 2. The summed E-state index contributed by atoms with van der Waals surface area (Å²) in [5.74, 6) is 0.724. The first-order valence-corrected chi connectivity index (χ1v) is 10.8. The molecule has 0 saturated carbocycles. The number of guanidine groups is 1. The second kappa shape index (κ2) is 10.9. The van der Waals surface area contributed by atoms with E-state index in [1.54, 1.807) is 7.05 Å². The lowest BCUT2D eigenvalue weighted by molar-refractivity contribution is 0.0953. The topological polar surface area (TPSA) is 68.8 Å². The fourth-order valence-corrected chi connectivity index (χ4v) is 3.71. The van der Waals surface area contributed by atoms with E-state index in [2.05, 4.69) is 31.9 Å². The first kappa shape index (κ1) is 22.0. The summed E-state index contributed by atoms with van der Waals surface area (Å²) in [5.41, 5.74) is 2.86. The maximum Gasteiger partial charge on any atom is 0.251 e. The van der Waals surface area contributed by atoms with Gasteiger partial charge in [0.05, 0.1) is 0 Å². The van der Waals surface area contributed by atoms with Crippen molar-refractivity contribution in [3.8, 4) is 0 Å². The van der Waals surface area contributed by atoms with Crippen molar-refractivity contribution in [2.45, 2.75) is 32.4 Å². The van der Waals surface area contributed by atoms with Gasteiger partial charge in [0.2, 0.25) is 0 Å². The van der Waals surface area contributed by atoms with E-state index < -0.39 is 0 Å². The molecule has 1 amide bonds. The Morgan fingerprint density at radius 1 is 1.20 bits per heavy atom. The van der Waals surface area contributed by atoms with Crippen molar-refractivity contribution >= 4 is 29.2 Å². The number of aliphatic imine (C=N–C) groups is 1. The molecule has 1 unspecified atom stereocenters. The van der Waals surface area contributed by atoms with Gasteiger partial charge in [0.15, 0.2) is 5.96 Å². The van der Waals surface area contributed by atoms with Gasteiger partial charge in [-0.3, -0.25) is 9.79 Å². The number of amides is 1. The van der Waals surface area contributed by atoms with Gasteiger partial charge in [-0.1, -0.05) is 36.7 Å². The van der Waals surface area contributed by atoms with Crippen LogP contribution in [-0.2, 0) is 6.54 Å². The number of nitrogens with one attached hydrogen (secondary N) is 3. The van der Waals surface area contributed by atoms with E-state index in [0.717, 1.165) is 48.2 Å². The highest BCUT2D eigenvalue weighted by atomic mass is 35.5. The van der Waals surface area contributed by atoms with E-state index in [1.807, 2.05) is 49.4 Å². The summed E-state index contributed by atoms with van der Waals surface area (Å²) in [4.78, 5) is 18.8. The average molecular weight is 428 g/mol. The molecule has 0 aromatic heterocycles. The standard InChI is InChI=1S/C23H30ClN5O/c1-3-11-26-22(30)18-7-4-6-17(13-18)15-27-23(25-2)28-20-10-12-29(16-20)21-9-5-8-19(24)14-21/h4-9,13-14,20H,3,10-12,15-16H2,1-2H3,(H,26,30)(H2,25,27,28). The highest BCUT2D eigenvalue weighted by Gasteiger charge is 2.23. The molecule has 1 saturated heterocycles. The van der Waals surface area contributed by atoms with E-state index in [0.29, 0.717) is 24.7 Å². The van der Waals surface area contributed by atoms with Crippen molar-refractivity contribution in [2.24, 2.45) is 4.99 Å². The van der Waals surface area contributed by atoms with E-state index in [4.69, 9.17) is 11.6 Å². The highest BCUT2D eigenvalue weighted by molar-refractivity contribution is 6.30. The molecule has 0 bridgehead atoms. The van der Waals surface area contributed by atoms with Crippen LogP contribution >= 0.6 is 11.6 Å². The van der Waals surface area contributed by atoms with E-state index in [9.17, 15) is 4.79 Å². The molecule has 160 valence electrons. The minimum absolute atomic E-state index is 0.0340. The van der Waals surface area contributed by atoms with Crippen molar-refractivity contribution in [1.29, 1.82) is 0 Å². The zero-order valence-electron chi connectivity index (χ0n) is 17.6. The Bertz CT molecular complexity index is 885. The normalized spacial score (nSPS) is 16.4. The molecule has 1 atom stereocenters. The number of halogens is 1. The Morgan fingerprint density at radius 2 is 2.03 bits per heavy atom. The van der Waals surface area contributed by atoms with E-state index >= 15 is 0 Å². The van der Waals surface area contributed by atoms with Crippen molar-refractivity contribution < 1.29 is 4.79 Å². The van der Waals surface area contributed by atoms with Gasteiger partial charge in [-0.15, -0.1) is 0 Å². The molecule has 1 aliphatic rings. The van der Waals surface area contributed by atoms with Crippen molar-refractivity contribution in [2.75, 3.05) is 31.6 Å². The summed E-state index contributed by atoms with van der Waals surface area (Å²) in [6, 6.07) is 15.9. The lowest BCUT2D eigenvalue weighted by atomic mass is 10.1. The van der Waals surface area contributed by atoms with E-state index in [-0.39, 0.29) is 5.91 Å². The van der Waals surface area contributed by atoms with Crippen molar-refractivity contribution in [1.82, 2.24) is 16.0 Å². The Balaban J connectivity index is 1.51. The summed E-state index contributed by atoms with van der Waals surface area (Å²) in [5, 5.41) is 10.5. The van der Waals surface area contributed by atoms with Gasteiger partial charge in [0.25, 0.3) is 5.91 Å². The summed E-state index contributed by atoms with van der Waals surface area (Å²) >= 11 is 6.13. The van der Waals surface area contributed by atoms with Gasteiger partial charge in [-0.05, 0) is 48.7 Å². The largest absolute Gasteiger partial charge is 0.369 e. The number of hydrogen-bond donors (Lipinski definition) is 3. The van der Waals surface area contributed by atoms with Crippen LogP contribution in [0, 0.1) is 0 Å². The van der Waals surface area contributed by atoms with Crippen LogP contribution in [0.1, 0.15) is 35.7 Å². The number of benzene rings is 2. The second-order valence-electron chi connectivity index (χ2n) is 7.44. The van der Waals surface area contributed by atoms with Gasteiger partial charge in [-0.2, -0.15) is 0 Å². The molecule has 0 radical (unpaired) electrons. The fraction of sp³-hybridized carbons (Fsp3) is 0.391. The van der Waals surface area contributed by atoms with E-state index in [1.165, 1.54) is 0 Å². The number of anilines is 1. The van der Waals surface area contributed by atoms with Gasteiger partial charge < -0.3 is 20.9 Å². The number of hydrogen-bond acceptors (Lipinski definition) is 3. The third-order valence-electron chi connectivity index (χ3n) is 5.11. The van der Waals surface area contributed by atoms with Gasteiger partial charge in [-0.25, -0.2) is 0 Å². The minimum atomic E-state index is -0.0340. The van der Waals surface area contributed by atoms with Gasteiger partial charge in [0.1, 0.15) is 0 Å². The third-order valence-corrected chi connectivity index (χ3v) is 5.35. The quantitative estimate of drug-likeness (QED) is 0.467. The van der Waals surface area contributed by atoms with Crippen LogP contribution in [0.25, 0.3) is 0 Å². The molecule has 0 aliphatic carbocycles. The Kier molecular flexibility index (Phi) is 7.97. The number of carbonyl (C=O) groups excluding carboxylic acids is 1. The zero-order chi connectivity index (χ0) is 21.3. The van der Waals surface area contributed by atoms with Crippen LogP contribution in [0.4, 0.5) is 5.69 Å². The summed E-state index contributed by atoms with van der Waals surface area (Å²) in [7, 11) is 1.77. The van der Waals surface area contributed by atoms with Crippen LogP contribution in [0.5, 0.6) is 0 Å². The molecule has 0 spiro atoms. The summed E-state index contributed by atoms with van der Waals surface area (Å²) in [6.45, 7) is 5.20. The molecule has 1 fully saturated rings. The molecule has 6 nitrogen and oxygen atoms in total. The molecule has 7 heteroatoms. The SMILES string of the molecule is CCCNC(=O)c1cccc(CNC(=NC)NC2CCN(c3cccc(Cl)c3)C2)c1. The minimum Gasteiger partial charge on any atom is -0.369 e. The Labute approximate surface area is 183 Å². The number of rotatable bonds is 7. The molecule has 3 N–H and O–H groups in total. The molecular weight excluding hydrogens is 398 g/mol. The van der Waals surface area contributed by atoms with Crippen molar-refractivity contribution in [3.63, 3.8) is 0 Å². The summed E-state index contributed by atoms with van der Waals surface area (Å²) < 4.78 is 0. The monoisotopic (exact) mass is 427 g/mol. The Hall–Kier alpha value is -2.73. The maximum absolute atomic E-state index is 12.2.